The van der Waals surface area contributed by atoms with Crippen LogP contribution in [0.1, 0.15) is 19.3 Å². The molecule has 0 unspecified atom stereocenters. The fraction of sp³-hybridized carbons (Fsp3) is 1.00. The molecule has 12 heavy (non-hydrogen) atoms. The van der Waals surface area contributed by atoms with E-state index in [-0.39, 0.29) is 6.61 Å². The SMILES string of the molecule is C[N+](C)(CCCO)CCCCO. The van der Waals surface area contributed by atoms with E-state index >= 15 is 0 Å². The van der Waals surface area contributed by atoms with Crippen LogP contribution in [0.2, 0.25) is 0 Å². The zero-order valence-electron chi connectivity index (χ0n) is 8.29. The average Bonchev–Trinajstić information content (AvgIpc) is 2.01. The van der Waals surface area contributed by atoms with Gasteiger partial charge in [-0.15, -0.1) is 0 Å². The summed E-state index contributed by atoms with van der Waals surface area (Å²) in [6.07, 6.45) is 2.82. The molecule has 0 atom stereocenters. The molecule has 0 aliphatic carbocycles. The quantitative estimate of drug-likeness (QED) is 0.430. The van der Waals surface area contributed by atoms with Crippen LogP contribution in [-0.2, 0) is 0 Å². The van der Waals surface area contributed by atoms with Crippen LogP contribution in [0.15, 0.2) is 0 Å². The molecular weight excluding hydrogens is 154 g/mol. The fourth-order valence-electron chi connectivity index (χ4n) is 1.26. The monoisotopic (exact) mass is 176 g/mol. The maximum absolute atomic E-state index is 8.65. The zero-order chi connectivity index (χ0) is 9.45. The van der Waals surface area contributed by atoms with Gasteiger partial charge in [-0.2, -0.15) is 0 Å². The van der Waals surface area contributed by atoms with Crippen LogP contribution in [-0.4, -0.2) is 55.1 Å². The Balaban J connectivity index is 3.42. The molecule has 3 nitrogen and oxygen atoms in total. The molecule has 0 heterocycles. The van der Waals surface area contributed by atoms with Crippen LogP contribution in [0.4, 0.5) is 0 Å². The fourth-order valence-corrected chi connectivity index (χ4v) is 1.26. The molecule has 0 aromatic heterocycles. The van der Waals surface area contributed by atoms with E-state index in [0.29, 0.717) is 6.61 Å². The number of rotatable bonds is 7. The van der Waals surface area contributed by atoms with Gasteiger partial charge in [-0.25, -0.2) is 0 Å². The molecule has 0 bridgehead atoms. The predicted molar refractivity (Wildman–Crippen MR) is 49.9 cm³/mol. The van der Waals surface area contributed by atoms with Crippen molar-refractivity contribution in [3.8, 4) is 0 Å². The van der Waals surface area contributed by atoms with E-state index in [1.165, 1.54) is 0 Å². The third-order valence-electron chi connectivity index (χ3n) is 2.09. The van der Waals surface area contributed by atoms with Crippen molar-refractivity contribution >= 4 is 0 Å². The molecule has 0 radical (unpaired) electrons. The molecule has 74 valence electrons. The Labute approximate surface area is 75.2 Å². The second-order valence-corrected chi connectivity index (χ2v) is 3.89. The molecule has 0 rings (SSSR count). The molecule has 0 spiro atoms. The highest BCUT2D eigenvalue weighted by Crippen LogP contribution is 2.02. The van der Waals surface area contributed by atoms with Gasteiger partial charge in [0.1, 0.15) is 0 Å². The number of unbranched alkanes of at least 4 members (excludes halogenated alkanes) is 1. The maximum atomic E-state index is 8.65. The number of quaternary nitrogens is 1. The summed E-state index contributed by atoms with van der Waals surface area (Å²) in [6.45, 7) is 2.67. The van der Waals surface area contributed by atoms with Gasteiger partial charge in [0.25, 0.3) is 0 Å². The third-order valence-corrected chi connectivity index (χ3v) is 2.09. The molecular formula is C9H22NO2+. The molecule has 0 aromatic rings. The summed E-state index contributed by atoms with van der Waals surface area (Å²) in [5, 5.41) is 17.2. The first-order valence-electron chi connectivity index (χ1n) is 4.66. The first-order valence-corrected chi connectivity index (χ1v) is 4.66. The second kappa shape index (κ2) is 6.40. The van der Waals surface area contributed by atoms with E-state index in [4.69, 9.17) is 10.2 Å². The standard InChI is InChI=1S/C9H22NO2/c1-10(2,7-5-9-12)6-3-4-8-11/h11-12H,3-9H2,1-2H3/q+1. The number of hydrogen-bond acceptors (Lipinski definition) is 2. The van der Waals surface area contributed by atoms with Gasteiger partial charge >= 0.3 is 0 Å². The molecule has 0 saturated heterocycles. The highest BCUT2D eigenvalue weighted by atomic mass is 16.3. The van der Waals surface area contributed by atoms with Gasteiger partial charge in [0.15, 0.2) is 0 Å². The van der Waals surface area contributed by atoms with Gasteiger partial charge in [0, 0.05) is 19.6 Å². The Bertz CT molecular complexity index is 105. The minimum atomic E-state index is 0.279. The van der Waals surface area contributed by atoms with E-state index in [1.54, 1.807) is 0 Å². The summed E-state index contributed by atoms with van der Waals surface area (Å²) < 4.78 is 0.945. The minimum absolute atomic E-state index is 0.279. The van der Waals surface area contributed by atoms with Crippen molar-refractivity contribution in [2.45, 2.75) is 19.3 Å². The zero-order valence-corrected chi connectivity index (χ0v) is 8.29. The van der Waals surface area contributed by atoms with Gasteiger partial charge in [-0.1, -0.05) is 0 Å². The van der Waals surface area contributed by atoms with E-state index in [1.807, 2.05) is 0 Å². The van der Waals surface area contributed by atoms with Crippen molar-refractivity contribution in [3.63, 3.8) is 0 Å². The molecule has 0 aromatic carbocycles. The van der Waals surface area contributed by atoms with Gasteiger partial charge in [0.2, 0.25) is 0 Å². The summed E-state index contributed by atoms with van der Waals surface area (Å²) in [6, 6.07) is 0. The van der Waals surface area contributed by atoms with E-state index in [2.05, 4.69) is 14.1 Å². The summed E-state index contributed by atoms with van der Waals surface area (Å²) in [7, 11) is 4.32. The van der Waals surface area contributed by atoms with Crippen molar-refractivity contribution < 1.29 is 14.7 Å². The normalized spacial score (nSPS) is 12.0. The lowest BCUT2D eigenvalue weighted by Crippen LogP contribution is -2.41. The number of hydrogen-bond donors (Lipinski definition) is 2. The lowest BCUT2D eigenvalue weighted by molar-refractivity contribution is -0.890. The van der Waals surface area contributed by atoms with Crippen LogP contribution < -0.4 is 0 Å². The highest BCUT2D eigenvalue weighted by Gasteiger charge is 2.12. The molecule has 0 fully saturated rings. The predicted octanol–water partition coefficient (Wildman–Crippen LogP) is 0.218. The maximum Gasteiger partial charge on any atom is 0.0804 e. The second-order valence-electron chi connectivity index (χ2n) is 3.89. The van der Waals surface area contributed by atoms with Crippen LogP contribution in [0.3, 0.4) is 0 Å². The van der Waals surface area contributed by atoms with Gasteiger partial charge in [-0.05, 0) is 12.8 Å². The lowest BCUT2D eigenvalue weighted by Gasteiger charge is -2.29. The largest absolute Gasteiger partial charge is 0.396 e. The van der Waals surface area contributed by atoms with Crippen molar-refractivity contribution in [2.24, 2.45) is 0 Å². The Morgan fingerprint density at radius 2 is 1.33 bits per heavy atom. The van der Waals surface area contributed by atoms with E-state index < -0.39 is 0 Å². The Morgan fingerprint density at radius 3 is 1.83 bits per heavy atom. The first-order chi connectivity index (χ1) is 5.62. The van der Waals surface area contributed by atoms with Gasteiger partial charge in [0.05, 0.1) is 27.2 Å². The Kier molecular flexibility index (Phi) is 6.34. The van der Waals surface area contributed by atoms with Crippen LogP contribution in [0, 0.1) is 0 Å². The smallest absolute Gasteiger partial charge is 0.0804 e. The molecule has 0 amide bonds. The molecule has 3 heteroatoms. The van der Waals surface area contributed by atoms with Crippen molar-refractivity contribution in [2.75, 3.05) is 40.4 Å². The minimum Gasteiger partial charge on any atom is -0.396 e. The number of nitrogens with zero attached hydrogens (tertiary/aromatic N) is 1. The number of aliphatic hydroxyl groups is 2. The third kappa shape index (κ3) is 6.58. The summed E-state index contributed by atoms with van der Waals surface area (Å²) in [5.74, 6) is 0. The Hall–Kier alpha value is -0.120. The van der Waals surface area contributed by atoms with Crippen LogP contribution >= 0.6 is 0 Å². The number of aliphatic hydroxyl groups excluding tert-OH is 2. The molecule has 0 aliphatic rings. The van der Waals surface area contributed by atoms with Gasteiger partial charge < -0.3 is 14.7 Å². The van der Waals surface area contributed by atoms with Crippen molar-refractivity contribution in [1.82, 2.24) is 0 Å². The lowest BCUT2D eigenvalue weighted by atomic mass is 10.2. The van der Waals surface area contributed by atoms with Crippen LogP contribution in [0.5, 0.6) is 0 Å². The van der Waals surface area contributed by atoms with Crippen molar-refractivity contribution in [3.05, 3.63) is 0 Å². The summed E-state index contributed by atoms with van der Waals surface area (Å²) >= 11 is 0. The molecule has 0 saturated carbocycles. The topological polar surface area (TPSA) is 40.5 Å². The molecule has 2 N–H and O–H groups in total. The first kappa shape index (κ1) is 11.9. The molecule has 0 aliphatic heterocycles. The van der Waals surface area contributed by atoms with Crippen LogP contribution in [0.25, 0.3) is 0 Å². The summed E-state index contributed by atoms with van der Waals surface area (Å²) in [5.41, 5.74) is 0. The average molecular weight is 176 g/mol. The summed E-state index contributed by atoms with van der Waals surface area (Å²) in [4.78, 5) is 0. The van der Waals surface area contributed by atoms with Crippen molar-refractivity contribution in [1.29, 1.82) is 0 Å². The van der Waals surface area contributed by atoms with E-state index in [9.17, 15) is 0 Å². The van der Waals surface area contributed by atoms with E-state index in [0.717, 1.165) is 36.8 Å². The Morgan fingerprint density at radius 1 is 0.833 bits per heavy atom. The highest BCUT2D eigenvalue weighted by molar-refractivity contribution is 4.39. The van der Waals surface area contributed by atoms with Gasteiger partial charge in [-0.3, -0.25) is 0 Å².